The molecular formula is C11H14N4O2. The van der Waals surface area contributed by atoms with Crippen molar-refractivity contribution in [3.8, 4) is 0 Å². The van der Waals surface area contributed by atoms with E-state index in [9.17, 15) is 9.59 Å². The molecule has 1 amide bonds. The second kappa shape index (κ2) is 4.90. The zero-order valence-corrected chi connectivity index (χ0v) is 9.59. The van der Waals surface area contributed by atoms with Crippen LogP contribution in [-0.2, 0) is 4.79 Å². The van der Waals surface area contributed by atoms with Crippen molar-refractivity contribution in [2.75, 3.05) is 18.5 Å². The molecule has 1 fully saturated rings. The summed E-state index contributed by atoms with van der Waals surface area (Å²) in [5, 5.41) is 2.64. The third-order valence-corrected chi connectivity index (χ3v) is 2.85. The highest BCUT2D eigenvalue weighted by atomic mass is 16.2. The van der Waals surface area contributed by atoms with Crippen LogP contribution in [0.1, 0.15) is 23.2 Å². The van der Waals surface area contributed by atoms with Crippen molar-refractivity contribution in [3.05, 3.63) is 18.0 Å². The molecule has 1 atom stereocenters. The Morgan fingerprint density at radius 3 is 2.82 bits per heavy atom. The Morgan fingerprint density at radius 1 is 1.53 bits per heavy atom. The summed E-state index contributed by atoms with van der Waals surface area (Å²) in [4.78, 5) is 32.2. The minimum Gasteiger partial charge on any atom is -0.357 e. The van der Waals surface area contributed by atoms with E-state index in [1.807, 2.05) is 4.90 Å². The Bertz CT molecular complexity index is 418. The maximum atomic E-state index is 11.7. The van der Waals surface area contributed by atoms with E-state index in [-0.39, 0.29) is 11.9 Å². The summed E-state index contributed by atoms with van der Waals surface area (Å²) in [7, 11) is 1.62. The molecule has 0 aliphatic carbocycles. The van der Waals surface area contributed by atoms with Crippen LogP contribution >= 0.6 is 0 Å². The van der Waals surface area contributed by atoms with E-state index in [1.54, 1.807) is 7.05 Å². The molecule has 2 heterocycles. The maximum absolute atomic E-state index is 11.7. The van der Waals surface area contributed by atoms with Crippen molar-refractivity contribution in [1.82, 2.24) is 15.3 Å². The quantitative estimate of drug-likeness (QED) is 0.745. The number of aromatic nitrogens is 2. The fraction of sp³-hybridized carbons (Fsp3) is 0.455. The number of hydrogen-bond donors (Lipinski definition) is 1. The van der Waals surface area contributed by atoms with Crippen molar-refractivity contribution >= 4 is 18.1 Å². The van der Waals surface area contributed by atoms with Crippen LogP contribution in [0.5, 0.6) is 0 Å². The Kier molecular flexibility index (Phi) is 3.32. The number of nitrogens with one attached hydrogen (secondary N) is 1. The third kappa shape index (κ3) is 2.25. The van der Waals surface area contributed by atoms with E-state index in [4.69, 9.17) is 0 Å². The predicted molar refractivity (Wildman–Crippen MR) is 61.9 cm³/mol. The van der Waals surface area contributed by atoms with E-state index >= 15 is 0 Å². The average Bonchev–Trinajstić information content (AvgIpc) is 2.87. The van der Waals surface area contributed by atoms with Gasteiger partial charge in [-0.25, -0.2) is 9.97 Å². The lowest BCUT2D eigenvalue weighted by Gasteiger charge is -2.22. The van der Waals surface area contributed by atoms with Gasteiger partial charge in [-0.05, 0) is 12.8 Å². The largest absolute Gasteiger partial charge is 0.357 e. The second-order valence-corrected chi connectivity index (χ2v) is 3.90. The number of likely N-dealkylation sites (N-methyl/N-ethyl adjacent to an activating group) is 1. The SMILES string of the molecule is CNC(=O)C1CCCN1c1ncc(C=O)cn1. The number of aldehydes is 1. The van der Waals surface area contributed by atoms with Gasteiger partial charge in [-0.1, -0.05) is 0 Å². The van der Waals surface area contributed by atoms with Crippen LogP contribution in [-0.4, -0.2) is 41.8 Å². The number of nitrogens with zero attached hydrogens (tertiary/aromatic N) is 3. The number of amides is 1. The summed E-state index contributed by atoms with van der Waals surface area (Å²) in [6.07, 6.45) is 5.38. The fourth-order valence-corrected chi connectivity index (χ4v) is 1.99. The molecule has 6 nitrogen and oxygen atoms in total. The van der Waals surface area contributed by atoms with Gasteiger partial charge >= 0.3 is 0 Å². The minimum atomic E-state index is -0.206. The van der Waals surface area contributed by atoms with Crippen LogP contribution in [0.15, 0.2) is 12.4 Å². The summed E-state index contributed by atoms with van der Waals surface area (Å²) >= 11 is 0. The average molecular weight is 234 g/mol. The summed E-state index contributed by atoms with van der Waals surface area (Å²) in [6, 6.07) is -0.206. The highest BCUT2D eigenvalue weighted by Gasteiger charge is 2.31. The molecule has 1 N–H and O–H groups in total. The molecule has 0 saturated carbocycles. The van der Waals surface area contributed by atoms with Gasteiger partial charge in [0.2, 0.25) is 11.9 Å². The van der Waals surface area contributed by atoms with E-state index in [2.05, 4.69) is 15.3 Å². The minimum absolute atomic E-state index is 0.0226. The standard InChI is InChI=1S/C11H14N4O2/c1-12-10(17)9-3-2-4-15(9)11-13-5-8(7-16)6-14-11/h5-7,9H,2-4H2,1H3,(H,12,17). The van der Waals surface area contributed by atoms with Crippen LogP contribution in [0.4, 0.5) is 5.95 Å². The first kappa shape index (κ1) is 11.5. The molecule has 1 saturated heterocycles. The number of hydrogen-bond acceptors (Lipinski definition) is 5. The van der Waals surface area contributed by atoms with Gasteiger partial charge in [0.25, 0.3) is 0 Å². The van der Waals surface area contributed by atoms with Crippen molar-refractivity contribution in [2.45, 2.75) is 18.9 Å². The van der Waals surface area contributed by atoms with Gasteiger partial charge in [-0.15, -0.1) is 0 Å². The van der Waals surface area contributed by atoms with Crippen LogP contribution < -0.4 is 10.2 Å². The van der Waals surface area contributed by atoms with E-state index < -0.39 is 0 Å². The smallest absolute Gasteiger partial charge is 0.242 e. The van der Waals surface area contributed by atoms with E-state index in [1.165, 1.54) is 12.4 Å². The molecule has 1 aliphatic heterocycles. The van der Waals surface area contributed by atoms with Crippen LogP contribution in [0, 0.1) is 0 Å². The first-order chi connectivity index (χ1) is 8.26. The molecule has 0 aromatic carbocycles. The molecule has 6 heteroatoms. The van der Waals surface area contributed by atoms with Gasteiger partial charge in [-0.2, -0.15) is 0 Å². The second-order valence-electron chi connectivity index (χ2n) is 3.90. The van der Waals surface area contributed by atoms with Gasteiger partial charge in [0.05, 0.1) is 5.56 Å². The predicted octanol–water partition coefficient (Wildman–Crippen LogP) is 0.00390. The highest BCUT2D eigenvalue weighted by Crippen LogP contribution is 2.21. The van der Waals surface area contributed by atoms with Crippen molar-refractivity contribution in [2.24, 2.45) is 0 Å². The molecule has 1 aromatic heterocycles. The summed E-state index contributed by atoms with van der Waals surface area (Å²) in [5.74, 6) is 0.479. The van der Waals surface area contributed by atoms with Gasteiger partial charge in [0.15, 0.2) is 6.29 Å². The van der Waals surface area contributed by atoms with Crippen molar-refractivity contribution in [1.29, 1.82) is 0 Å². The molecule has 1 aromatic rings. The molecule has 90 valence electrons. The van der Waals surface area contributed by atoms with E-state index in [0.29, 0.717) is 17.8 Å². The molecule has 2 rings (SSSR count). The highest BCUT2D eigenvalue weighted by molar-refractivity contribution is 5.85. The van der Waals surface area contributed by atoms with Gasteiger partial charge in [0, 0.05) is 26.0 Å². The van der Waals surface area contributed by atoms with Crippen LogP contribution in [0.2, 0.25) is 0 Å². The summed E-state index contributed by atoms with van der Waals surface area (Å²) < 4.78 is 0. The molecule has 17 heavy (non-hydrogen) atoms. The lowest BCUT2D eigenvalue weighted by atomic mass is 10.2. The van der Waals surface area contributed by atoms with E-state index in [0.717, 1.165) is 19.4 Å². The molecular weight excluding hydrogens is 220 g/mol. The Morgan fingerprint density at radius 2 is 2.24 bits per heavy atom. The zero-order chi connectivity index (χ0) is 12.3. The Balaban J connectivity index is 2.19. The zero-order valence-electron chi connectivity index (χ0n) is 9.59. The molecule has 1 unspecified atom stereocenters. The Labute approximate surface area is 99.1 Å². The third-order valence-electron chi connectivity index (χ3n) is 2.85. The lowest BCUT2D eigenvalue weighted by molar-refractivity contribution is -0.121. The summed E-state index contributed by atoms with van der Waals surface area (Å²) in [5.41, 5.74) is 0.435. The van der Waals surface area contributed by atoms with Crippen LogP contribution in [0.3, 0.4) is 0 Å². The first-order valence-corrected chi connectivity index (χ1v) is 5.51. The summed E-state index contributed by atoms with van der Waals surface area (Å²) in [6.45, 7) is 0.762. The number of rotatable bonds is 3. The monoisotopic (exact) mass is 234 g/mol. The fourth-order valence-electron chi connectivity index (χ4n) is 1.99. The molecule has 0 bridgehead atoms. The number of carbonyl (C=O) groups excluding carboxylic acids is 2. The topological polar surface area (TPSA) is 75.2 Å². The van der Waals surface area contributed by atoms with Gasteiger partial charge in [0.1, 0.15) is 6.04 Å². The Hall–Kier alpha value is -1.98. The normalized spacial score (nSPS) is 19.1. The molecule has 0 radical (unpaired) electrons. The van der Waals surface area contributed by atoms with Gasteiger partial charge < -0.3 is 10.2 Å². The lowest BCUT2D eigenvalue weighted by Crippen LogP contribution is -2.42. The molecule has 1 aliphatic rings. The van der Waals surface area contributed by atoms with Gasteiger partial charge in [-0.3, -0.25) is 9.59 Å². The van der Waals surface area contributed by atoms with Crippen molar-refractivity contribution in [3.63, 3.8) is 0 Å². The first-order valence-electron chi connectivity index (χ1n) is 5.51. The number of anilines is 1. The van der Waals surface area contributed by atoms with Crippen LogP contribution in [0.25, 0.3) is 0 Å². The van der Waals surface area contributed by atoms with Crippen molar-refractivity contribution < 1.29 is 9.59 Å². The number of carbonyl (C=O) groups is 2. The maximum Gasteiger partial charge on any atom is 0.242 e. The molecule has 0 spiro atoms.